The Morgan fingerprint density at radius 3 is 2.58 bits per heavy atom. The number of ether oxygens (including phenoxy) is 1. The Kier molecular flexibility index (Phi) is 8.77. The van der Waals surface area contributed by atoms with Crippen LogP contribution in [0.4, 0.5) is 0 Å². The smallest absolute Gasteiger partial charge is 0.251 e. The maximum absolute atomic E-state index is 12.3. The summed E-state index contributed by atoms with van der Waals surface area (Å²) in [5.41, 5.74) is 6.60. The predicted octanol–water partition coefficient (Wildman–Crippen LogP) is 6.57. The number of carbonyl (C=O) groups excluding carboxylic acids is 1. The van der Waals surface area contributed by atoms with Crippen LogP contribution >= 0.6 is 0 Å². The van der Waals surface area contributed by atoms with Gasteiger partial charge in [-0.15, -0.1) is 0 Å². The zero-order valence-electron chi connectivity index (χ0n) is 21.7. The third-order valence-electron chi connectivity index (χ3n) is 6.65. The molecule has 0 aliphatic rings. The van der Waals surface area contributed by atoms with E-state index in [2.05, 4.69) is 54.1 Å². The first-order chi connectivity index (χ1) is 17.5. The maximum atomic E-state index is 12.3. The SMILES string of the molecule is Cc1cccc(C(=O)NCCCCCc2nc3ccccc3n2CCCOc2ccc(C)c(C)c2)c1. The van der Waals surface area contributed by atoms with E-state index in [1.54, 1.807) is 0 Å². The number of imidazole rings is 1. The fourth-order valence-electron chi connectivity index (χ4n) is 4.46. The lowest BCUT2D eigenvalue weighted by molar-refractivity contribution is 0.0953. The summed E-state index contributed by atoms with van der Waals surface area (Å²) in [6.45, 7) is 8.49. The second-order valence-electron chi connectivity index (χ2n) is 9.55. The van der Waals surface area contributed by atoms with Gasteiger partial charge in [-0.2, -0.15) is 0 Å². The van der Waals surface area contributed by atoms with E-state index in [0.29, 0.717) is 13.2 Å². The molecule has 1 N–H and O–H groups in total. The second-order valence-corrected chi connectivity index (χ2v) is 9.55. The molecular formula is C31H37N3O2. The van der Waals surface area contributed by atoms with Crippen molar-refractivity contribution in [3.8, 4) is 5.75 Å². The van der Waals surface area contributed by atoms with Crippen molar-refractivity contribution in [2.45, 2.75) is 59.4 Å². The number of benzene rings is 3. The van der Waals surface area contributed by atoms with Crippen LogP contribution in [0.5, 0.6) is 5.75 Å². The minimum Gasteiger partial charge on any atom is -0.494 e. The van der Waals surface area contributed by atoms with Gasteiger partial charge < -0.3 is 14.6 Å². The van der Waals surface area contributed by atoms with Gasteiger partial charge in [-0.1, -0.05) is 42.3 Å². The molecule has 0 atom stereocenters. The van der Waals surface area contributed by atoms with Crippen LogP contribution in [-0.4, -0.2) is 28.6 Å². The van der Waals surface area contributed by atoms with Crippen LogP contribution in [0, 0.1) is 20.8 Å². The van der Waals surface area contributed by atoms with Crippen LogP contribution in [-0.2, 0) is 13.0 Å². The van der Waals surface area contributed by atoms with E-state index in [-0.39, 0.29) is 5.91 Å². The molecule has 0 aliphatic heterocycles. The molecule has 0 spiro atoms. The van der Waals surface area contributed by atoms with E-state index >= 15 is 0 Å². The number of hydrogen-bond acceptors (Lipinski definition) is 3. The minimum atomic E-state index is 0.00325. The Morgan fingerprint density at radius 1 is 0.889 bits per heavy atom. The quantitative estimate of drug-likeness (QED) is 0.232. The van der Waals surface area contributed by atoms with Crippen LogP contribution in [0.3, 0.4) is 0 Å². The molecule has 4 aromatic rings. The maximum Gasteiger partial charge on any atom is 0.251 e. The zero-order chi connectivity index (χ0) is 25.3. The molecule has 0 fully saturated rings. The Morgan fingerprint density at radius 2 is 1.75 bits per heavy atom. The van der Waals surface area contributed by atoms with Gasteiger partial charge in [0.05, 0.1) is 17.6 Å². The number of para-hydroxylation sites is 2. The van der Waals surface area contributed by atoms with Gasteiger partial charge in [-0.05, 0) is 87.6 Å². The van der Waals surface area contributed by atoms with Crippen molar-refractivity contribution < 1.29 is 9.53 Å². The van der Waals surface area contributed by atoms with E-state index < -0.39 is 0 Å². The Bertz CT molecular complexity index is 1310. The van der Waals surface area contributed by atoms with E-state index in [9.17, 15) is 4.79 Å². The molecule has 0 aliphatic carbocycles. The lowest BCUT2D eigenvalue weighted by atomic mass is 10.1. The zero-order valence-corrected chi connectivity index (χ0v) is 21.7. The van der Waals surface area contributed by atoms with E-state index in [1.165, 1.54) is 16.6 Å². The van der Waals surface area contributed by atoms with Gasteiger partial charge in [0.1, 0.15) is 11.6 Å². The fraction of sp³-hybridized carbons (Fsp3) is 0.355. The third-order valence-corrected chi connectivity index (χ3v) is 6.65. The summed E-state index contributed by atoms with van der Waals surface area (Å²) in [5.74, 6) is 2.07. The number of hydrogen-bond donors (Lipinski definition) is 1. The number of carbonyl (C=O) groups is 1. The summed E-state index contributed by atoms with van der Waals surface area (Å²) in [7, 11) is 0. The third kappa shape index (κ3) is 6.75. The van der Waals surface area contributed by atoms with Crippen LogP contribution in [0.15, 0.2) is 66.7 Å². The molecule has 0 unspecified atom stereocenters. The summed E-state index contributed by atoms with van der Waals surface area (Å²) < 4.78 is 8.35. The number of aromatic nitrogens is 2. The number of rotatable bonds is 12. The first kappa shape index (κ1) is 25.5. The Labute approximate surface area is 214 Å². The van der Waals surface area contributed by atoms with Gasteiger partial charge in [-0.3, -0.25) is 4.79 Å². The van der Waals surface area contributed by atoms with Crippen molar-refractivity contribution in [3.05, 3.63) is 94.8 Å². The molecule has 1 aromatic heterocycles. The monoisotopic (exact) mass is 483 g/mol. The number of nitrogens with zero attached hydrogens (tertiary/aromatic N) is 2. The Balaban J connectivity index is 1.25. The summed E-state index contributed by atoms with van der Waals surface area (Å²) >= 11 is 0. The van der Waals surface area contributed by atoms with Gasteiger partial charge >= 0.3 is 0 Å². The summed E-state index contributed by atoms with van der Waals surface area (Å²) in [6, 6.07) is 22.3. The van der Waals surface area contributed by atoms with Gasteiger partial charge in [-0.25, -0.2) is 4.98 Å². The van der Waals surface area contributed by atoms with Gasteiger partial charge in [0.15, 0.2) is 0 Å². The lowest BCUT2D eigenvalue weighted by Crippen LogP contribution is -2.24. The van der Waals surface area contributed by atoms with Crippen molar-refractivity contribution in [1.82, 2.24) is 14.9 Å². The highest BCUT2D eigenvalue weighted by molar-refractivity contribution is 5.94. The highest BCUT2D eigenvalue weighted by Gasteiger charge is 2.11. The highest BCUT2D eigenvalue weighted by atomic mass is 16.5. The topological polar surface area (TPSA) is 56.2 Å². The van der Waals surface area contributed by atoms with E-state index in [4.69, 9.17) is 9.72 Å². The van der Waals surface area contributed by atoms with Crippen LogP contribution < -0.4 is 10.1 Å². The number of unbranched alkanes of at least 4 members (excludes halogenated alkanes) is 2. The molecule has 0 saturated carbocycles. The predicted molar refractivity (Wildman–Crippen MR) is 147 cm³/mol. The fourth-order valence-corrected chi connectivity index (χ4v) is 4.46. The molecule has 0 bridgehead atoms. The molecule has 188 valence electrons. The summed E-state index contributed by atoms with van der Waals surface area (Å²) in [4.78, 5) is 17.2. The van der Waals surface area contributed by atoms with Gasteiger partial charge in [0, 0.05) is 25.1 Å². The normalized spacial score (nSPS) is 11.1. The largest absolute Gasteiger partial charge is 0.494 e. The molecular weight excluding hydrogens is 446 g/mol. The molecule has 4 rings (SSSR count). The average molecular weight is 484 g/mol. The van der Waals surface area contributed by atoms with Crippen molar-refractivity contribution >= 4 is 16.9 Å². The van der Waals surface area contributed by atoms with Crippen LogP contribution in [0.25, 0.3) is 11.0 Å². The number of fused-ring (bicyclic) bond motifs is 1. The van der Waals surface area contributed by atoms with E-state index in [1.807, 2.05) is 43.3 Å². The Hall–Kier alpha value is -3.60. The molecule has 3 aromatic carbocycles. The highest BCUT2D eigenvalue weighted by Crippen LogP contribution is 2.20. The summed E-state index contributed by atoms with van der Waals surface area (Å²) in [5, 5.41) is 3.04. The van der Waals surface area contributed by atoms with Crippen LogP contribution in [0.2, 0.25) is 0 Å². The van der Waals surface area contributed by atoms with Gasteiger partial charge in [0.2, 0.25) is 0 Å². The van der Waals surface area contributed by atoms with Crippen molar-refractivity contribution in [2.75, 3.05) is 13.2 Å². The molecule has 0 saturated heterocycles. The van der Waals surface area contributed by atoms with Crippen molar-refractivity contribution in [1.29, 1.82) is 0 Å². The molecule has 36 heavy (non-hydrogen) atoms. The van der Waals surface area contributed by atoms with Crippen LogP contribution in [0.1, 0.15) is 58.6 Å². The average Bonchev–Trinajstić information content (AvgIpc) is 3.23. The summed E-state index contributed by atoms with van der Waals surface area (Å²) in [6.07, 6.45) is 4.90. The van der Waals surface area contributed by atoms with Crippen molar-refractivity contribution in [2.24, 2.45) is 0 Å². The molecule has 5 heteroatoms. The minimum absolute atomic E-state index is 0.00325. The standard InChI is InChI=1S/C31H37N3O2/c1-23-11-9-12-26(21-23)31(35)32-18-8-4-5-15-30-33-28-13-6-7-14-29(28)34(30)19-10-20-36-27-17-16-24(2)25(3)22-27/h6-7,9,11-14,16-17,21-22H,4-5,8,10,15,18-20H2,1-3H3,(H,32,35). The lowest BCUT2D eigenvalue weighted by Gasteiger charge is -2.11. The molecule has 5 nitrogen and oxygen atoms in total. The number of aryl methyl sites for hydroxylation is 5. The molecule has 0 radical (unpaired) electrons. The first-order valence-electron chi connectivity index (χ1n) is 13.0. The molecule has 1 heterocycles. The second kappa shape index (κ2) is 12.4. The number of nitrogens with one attached hydrogen (secondary N) is 1. The molecule has 1 amide bonds. The number of amides is 1. The van der Waals surface area contributed by atoms with E-state index in [0.717, 1.165) is 66.9 Å². The first-order valence-corrected chi connectivity index (χ1v) is 13.0. The van der Waals surface area contributed by atoms with Gasteiger partial charge in [0.25, 0.3) is 5.91 Å². The van der Waals surface area contributed by atoms with Crippen molar-refractivity contribution in [3.63, 3.8) is 0 Å².